The molecule has 0 aliphatic carbocycles. The predicted molar refractivity (Wildman–Crippen MR) is 414 cm³/mol. The minimum atomic E-state index is -1.51. The van der Waals surface area contributed by atoms with Crippen molar-refractivity contribution >= 4 is 104 Å². The quantitative estimate of drug-likeness (QED) is 0.0574. The summed E-state index contributed by atoms with van der Waals surface area (Å²) in [6, 6.07) is 14.4. The predicted octanol–water partition coefficient (Wildman–Crippen LogP) is 4.13. The molecule has 15 N–H and O–H groups in total. The van der Waals surface area contributed by atoms with Gasteiger partial charge in [0.15, 0.2) is 0 Å². The molecule has 2 aliphatic heterocycles. The van der Waals surface area contributed by atoms with E-state index < -0.39 is 149 Å². The Morgan fingerprint density at radius 1 is 0.545 bits per heavy atom. The molecule has 7 aromatic rings. The molecule has 588 valence electrons. The van der Waals surface area contributed by atoms with Crippen molar-refractivity contribution in [2.75, 3.05) is 25.1 Å². The van der Waals surface area contributed by atoms with E-state index in [0.29, 0.717) is 52.4 Å². The van der Waals surface area contributed by atoms with Gasteiger partial charge in [-0.3, -0.25) is 57.5 Å². The Bertz CT molecular complexity index is 4390. The summed E-state index contributed by atoms with van der Waals surface area (Å²) in [7, 11) is 1.36. The molecule has 0 unspecified atom stereocenters. The molecule has 9 rings (SSSR count). The van der Waals surface area contributed by atoms with Crippen LogP contribution in [0, 0.1) is 17.8 Å². The number of phenols is 2. The van der Waals surface area contributed by atoms with Crippen LogP contribution in [0.5, 0.6) is 11.5 Å². The summed E-state index contributed by atoms with van der Waals surface area (Å²) in [5.74, 6) is -11.0. The first-order valence-corrected chi connectivity index (χ1v) is 38.5. The molecule has 0 saturated carbocycles. The maximum Gasteiger partial charge on any atom is 0.245 e. The summed E-state index contributed by atoms with van der Waals surface area (Å²) in [6.45, 7) is 12.6. The third kappa shape index (κ3) is 22.5. The Kier molecular flexibility index (Phi) is 29.2. The summed E-state index contributed by atoms with van der Waals surface area (Å²) in [5, 5.41) is 47.3. The molecular formula is C80H102N14O15S. The first-order valence-electron chi connectivity index (χ1n) is 37.4. The van der Waals surface area contributed by atoms with Crippen molar-refractivity contribution in [1.29, 1.82) is 0 Å². The lowest BCUT2D eigenvalue weighted by atomic mass is 9.95. The van der Waals surface area contributed by atoms with Gasteiger partial charge in [0, 0.05) is 85.6 Å². The number of H-pyrrole nitrogens is 2. The van der Waals surface area contributed by atoms with Gasteiger partial charge in [-0.2, -0.15) is 0 Å². The lowest BCUT2D eigenvalue weighted by Crippen LogP contribution is -2.62. The molecule has 3 aromatic heterocycles. The van der Waals surface area contributed by atoms with Crippen molar-refractivity contribution in [3.8, 4) is 11.5 Å². The zero-order chi connectivity index (χ0) is 79.5. The second-order valence-electron chi connectivity index (χ2n) is 29.4. The van der Waals surface area contributed by atoms with Crippen molar-refractivity contribution in [1.82, 2.24) is 67.6 Å². The molecule has 2 aliphatic rings. The first kappa shape index (κ1) is 82.9. The number of aromatic hydroxyl groups is 2. The van der Waals surface area contributed by atoms with Gasteiger partial charge in [0.25, 0.3) is 0 Å². The summed E-state index contributed by atoms with van der Waals surface area (Å²) >= 11 is 0.884. The normalized spacial score (nSPS) is 23.8. The molecule has 30 heteroatoms. The zero-order valence-corrected chi connectivity index (χ0v) is 64.0. The summed E-state index contributed by atoms with van der Waals surface area (Å²) in [5.41, 5.74) is 9.55. The molecule has 2 saturated heterocycles. The van der Waals surface area contributed by atoms with Crippen LogP contribution in [0.2, 0.25) is 0 Å². The van der Waals surface area contributed by atoms with Crippen LogP contribution in [-0.4, -0.2) is 192 Å². The third-order valence-corrected chi connectivity index (χ3v) is 21.2. The van der Waals surface area contributed by atoms with E-state index in [-0.39, 0.29) is 92.8 Å². The van der Waals surface area contributed by atoms with E-state index in [0.717, 1.165) is 27.6 Å². The number of carbonyl (C=O) groups is 12. The zero-order valence-electron chi connectivity index (χ0n) is 63.2. The lowest BCUT2D eigenvalue weighted by Gasteiger charge is -2.32. The van der Waals surface area contributed by atoms with Crippen LogP contribution in [0.4, 0.5) is 0 Å². The van der Waals surface area contributed by atoms with E-state index in [1.165, 1.54) is 49.4 Å². The van der Waals surface area contributed by atoms with E-state index in [1.54, 1.807) is 68.7 Å². The molecule has 29 nitrogen and oxygen atoms in total. The molecule has 0 spiro atoms. The van der Waals surface area contributed by atoms with Gasteiger partial charge >= 0.3 is 0 Å². The first-order chi connectivity index (χ1) is 52.5. The summed E-state index contributed by atoms with van der Waals surface area (Å²) < 4.78 is 5.70. The number of likely N-dealkylation sites (N-methyl/N-ethyl adjacent to an activating group) is 1. The van der Waals surface area contributed by atoms with Crippen molar-refractivity contribution in [3.63, 3.8) is 0 Å². The molecule has 12 amide bonds. The van der Waals surface area contributed by atoms with Crippen LogP contribution in [0.3, 0.4) is 0 Å². The number of aromatic amines is 2. The number of fused-ring (bicyclic) bond motifs is 3. The standard InChI is InChI=1S/C80H102N14O15S/c1-9-46(6)69-78(106)90-64(39-54-16-15-33-109-54)75(103)88-63(38-51-41-83-58-20-13-11-18-56(51)58)74(102)91-66(70(81)98)42-110-43-68(97)84-65(36-49-25-29-53(96)30-26-49)79(107)93(8)47(7)71(99)85-59(31-22-44(2)3)80(108)94-32-14-21-67(94)77(105)89-61(35-48-23-27-52(95)28-24-48)72(100)87-62(37-50-40-82-57-19-12-10-17-55(50)57)73(101)86-60(34-45(4)5)76(104)92-69/h10-13,15-20,23-30,33,40-41,44-47,59-67,69,82-83,95-96H,9,14,21-22,31-32,34-39,42-43H2,1-8H3,(H2,81,98)(H,84,97)(H,85,99)(H,86,101)(H,87,100)(H,88,103)(H,89,105)(H,90,106)(H,91,102)(H,92,104)/t46-,47-,59-,60-,61-,62-,63-,64-,65-,66-,67-,69-/m0/s1. The molecule has 2 fully saturated rings. The number of phenolic OH excluding ortho intramolecular Hbond substituents is 2. The molecule has 0 radical (unpaired) electrons. The van der Waals surface area contributed by atoms with Gasteiger partial charge in [0.2, 0.25) is 70.9 Å². The number of amides is 12. The fourth-order valence-electron chi connectivity index (χ4n) is 13.6. The minimum absolute atomic E-state index is 0.0194. The van der Waals surface area contributed by atoms with Gasteiger partial charge in [-0.05, 0) is 128 Å². The lowest BCUT2D eigenvalue weighted by molar-refractivity contribution is -0.144. The van der Waals surface area contributed by atoms with Gasteiger partial charge in [0.05, 0.1) is 12.0 Å². The monoisotopic (exact) mass is 1530 g/mol. The van der Waals surface area contributed by atoms with Crippen molar-refractivity contribution < 1.29 is 72.2 Å². The second-order valence-corrected chi connectivity index (χ2v) is 30.4. The number of aromatic nitrogens is 2. The number of carbonyl (C=O) groups excluding carboxylic acids is 12. The second kappa shape index (κ2) is 38.8. The van der Waals surface area contributed by atoms with Crippen molar-refractivity contribution in [3.05, 3.63) is 156 Å². The molecular weight excluding hydrogens is 1430 g/mol. The van der Waals surface area contributed by atoms with Crippen molar-refractivity contribution in [2.45, 2.75) is 186 Å². The Morgan fingerprint density at radius 2 is 1.05 bits per heavy atom. The highest BCUT2D eigenvalue weighted by atomic mass is 32.2. The number of nitrogens with one attached hydrogen (secondary N) is 11. The SMILES string of the molecule is CC[C@H](C)[C@@H]1NC(=O)[C@H](CC(C)C)NC(=O)[C@H](Cc2c[nH]c3ccccc23)NC(=O)[C@H](Cc2ccc(O)cc2)NC(=O)[C@@H]2CCCN2C(=O)[C@H](CCC(C)C)NC(=O)[C@H](C)N(C)C(=O)[C@H](Cc2ccc(O)cc2)NC(=O)CSC[C@@H](C(N)=O)NC(=O)[C@H](Cc2c[nH]c3ccccc23)NC(=O)[C@H](Cc2ccco2)NC1=O. The smallest absolute Gasteiger partial charge is 0.245 e. The summed E-state index contributed by atoms with van der Waals surface area (Å²) in [6.07, 6.45) is 5.19. The van der Waals surface area contributed by atoms with Crippen LogP contribution in [-0.2, 0) is 89.6 Å². The van der Waals surface area contributed by atoms with Gasteiger partial charge in [-0.15, -0.1) is 11.8 Å². The number of nitrogens with zero attached hydrogens (tertiary/aromatic N) is 2. The maximum atomic E-state index is 15.4. The average Bonchev–Trinajstić information content (AvgIpc) is 1.49. The maximum absolute atomic E-state index is 15.4. The minimum Gasteiger partial charge on any atom is -0.508 e. The number of hydrogen-bond donors (Lipinski definition) is 14. The molecule has 5 heterocycles. The number of thioether (sulfide) groups is 1. The Hall–Kier alpha value is -11.2. The average molecular weight is 1530 g/mol. The van der Waals surface area contributed by atoms with E-state index >= 15 is 33.6 Å². The number of primary amides is 1. The molecule has 0 bridgehead atoms. The highest BCUT2D eigenvalue weighted by molar-refractivity contribution is 8.00. The van der Waals surface area contributed by atoms with E-state index in [9.17, 15) is 34.2 Å². The highest BCUT2D eigenvalue weighted by Gasteiger charge is 2.42. The number of hydrogen-bond acceptors (Lipinski definition) is 16. The van der Waals surface area contributed by atoms with Gasteiger partial charge in [-0.25, -0.2) is 0 Å². The molecule has 12 atom stereocenters. The van der Waals surface area contributed by atoms with Crippen molar-refractivity contribution in [2.24, 2.45) is 23.5 Å². The largest absolute Gasteiger partial charge is 0.508 e. The topological polar surface area (TPSA) is 431 Å². The van der Waals surface area contributed by atoms with Crippen LogP contribution in [0.25, 0.3) is 21.8 Å². The Morgan fingerprint density at radius 3 is 1.58 bits per heavy atom. The Labute approximate surface area is 642 Å². The van der Waals surface area contributed by atoms with Crippen LogP contribution >= 0.6 is 11.8 Å². The van der Waals surface area contributed by atoms with Gasteiger partial charge in [-0.1, -0.05) is 109 Å². The fraction of sp³-hybridized carbons (Fsp3) is 0.450. The summed E-state index contributed by atoms with van der Waals surface area (Å²) in [4.78, 5) is 187. The van der Waals surface area contributed by atoms with E-state index in [1.807, 2.05) is 70.2 Å². The van der Waals surface area contributed by atoms with E-state index in [4.69, 9.17) is 10.2 Å². The van der Waals surface area contributed by atoms with Gasteiger partial charge < -0.3 is 88.0 Å². The molecule has 4 aromatic carbocycles. The van der Waals surface area contributed by atoms with Crippen LogP contribution < -0.4 is 53.6 Å². The third-order valence-electron chi connectivity index (χ3n) is 20.2. The number of rotatable bonds is 18. The molecule has 110 heavy (non-hydrogen) atoms. The number of para-hydroxylation sites is 2. The number of nitrogens with two attached hydrogens (primary N) is 1. The van der Waals surface area contributed by atoms with Crippen LogP contribution in [0.1, 0.15) is 115 Å². The Balaban J connectivity index is 1.09. The fourth-order valence-corrected chi connectivity index (χ4v) is 14.5. The highest BCUT2D eigenvalue weighted by Crippen LogP contribution is 2.26. The number of furan rings is 1. The van der Waals surface area contributed by atoms with E-state index in [2.05, 4.69) is 57.8 Å². The van der Waals surface area contributed by atoms with Crippen LogP contribution in [0.15, 0.2) is 132 Å². The van der Waals surface area contributed by atoms with Gasteiger partial charge in [0.1, 0.15) is 83.7 Å². The number of benzene rings is 4.